The number of primary amides is 1. The molecule has 0 heterocycles. The Morgan fingerprint density at radius 1 is 1.50 bits per heavy atom. The van der Waals surface area contributed by atoms with E-state index < -0.39 is 18.3 Å². The lowest BCUT2D eigenvalue weighted by Crippen LogP contribution is -2.23. The molecule has 0 saturated carbocycles. The van der Waals surface area contributed by atoms with Gasteiger partial charge in [0, 0.05) is 6.42 Å². The average molecular weight is 193 g/mol. The van der Waals surface area contributed by atoms with Gasteiger partial charge in [-0.2, -0.15) is 0 Å². The molecule has 1 aliphatic carbocycles. The van der Waals surface area contributed by atoms with Crippen molar-refractivity contribution in [3.8, 4) is 0 Å². The molecule has 0 radical (unpaired) electrons. The van der Waals surface area contributed by atoms with Gasteiger partial charge in [0.05, 0.1) is 6.10 Å². The molecular weight excluding hydrogens is 182 g/mol. The molecule has 0 unspecified atom stereocenters. The van der Waals surface area contributed by atoms with E-state index in [9.17, 15) is 9.90 Å². The van der Waals surface area contributed by atoms with Crippen molar-refractivity contribution in [3.63, 3.8) is 0 Å². The third-order valence-corrected chi connectivity index (χ3v) is 2.38. The molecule has 1 aliphatic rings. The minimum absolute atomic E-state index is 0.508. The lowest BCUT2D eigenvalue weighted by atomic mass is 10.1. The number of carbonyl (C=O) groups is 1. The van der Waals surface area contributed by atoms with E-state index in [0.717, 1.165) is 11.1 Å². The highest BCUT2D eigenvalue weighted by Gasteiger charge is 2.33. The van der Waals surface area contributed by atoms with Crippen LogP contribution in [0.1, 0.15) is 17.2 Å². The van der Waals surface area contributed by atoms with Crippen LogP contribution in [0.5, 0.6) is 0 Å². The average Bonchev–Trinajstić information content (AvgIpc) is 2.43. The lowest BCUT2D eigenvalue weighted by Gasteiger charge is -2.14. The fraction of sp³-hybridized carbons (Fsp3) is 0.300. The standard InChI is InChI=1S/C10H11NO3/c11-10(13)14-9-7-4-2-1-3-6(7)5-8(9)12/h1-4,8-9,12H,5H2,(H2,11,13)/t8-,9-/m0/s1. The number of aliphatic hydroxyl groups excluding tert-OH is 1. The van der Waals surface area contributed by atoms with Crippen LogP contribution in [0.15, 0.2) is 24.3 Å². The Bertz CT molecular complexity index is 364. The van der Waals surface area contributed by atoms with Crippen LogP contribution in [0, 0.1) is 0 Å². The fourth-order valence-corrected chi connectivity index (χ4v) is 1.80. The van der Waals surface area contributed by atoms with E-state index in [0.29, 0.717) is 6.42 Å². The van der Waals surface area contributed by atoms with Gasteiger partial charge in [0.1, 0.15) is 0 Å². The summed E-state index contributed by atoms with van der Waals surface area (Å²) in [6.45, 7) is 0. The number of aliphatic hydroxyl groups is 1. The summed E-state index contributed by atoms with van der Waals surface area (Å²) in [5.41, 5.74) is 6.77. The highest BCUT2D eigenvalue weighted by Crippen LogP contribution is 2.33. The topological polar surface area (TPSA) is 72.6 Å². The lowest BCUT2D eigenvalue weighted by molar-refractivity contribution is 0.0169. The molecule has 0 aliphatic heterocycles. The Morgan fingerprint density at radius 2 is 2.21 bits per heavy atom. The molecule has 1 amide bonds. The van der Waals surface area contributed by atoms with Crippen molar-refractivity contribution < 1.29 is 14.6 Å². The molecule has 1 aromatic carbocycles. The number of hydrogen-bond donors (Lipinski definition) is 2. The number of benzene rings is 1. The molecule has 0 spiro atoms. The Hall–Kier alpha value is -1.55. The monoisotopic (exact) mass is 193 g/mol. The maximum absolute atomic E-state index is 10.6. The summed E-state index contributed by atoms with van der Waals surface area (Å²) in [7, 11) is 0. The molecular formula is C10H11NO3. The van der Waals surface area contributed by atoms with Crippen LogP contribution >= 0.6 is 0 Å². The van der Waals surface area contributed by atoms with Crippen molar-refractivity contribution >= 4 is 6.09 Å². The molecule has 2 atom stereocenters. The minimum Gasteiger partial charge on any atom is -0.439 e. The normalized spacial score (nSPS) is 24.4. The Labute approximate surface area is 81.3 Å². The van der Waals surface area contributed by atoms with E-state index in [-0.39, 0.29) is 0 Å². The van der Waals surface area contributed by atoms with E-state index >= 15 is 0 Å². The van der Waals surface area contributed by atoms with Crippen molar-refractivity contribution in [2.75, 3.05) is 0 Å². The van der Waals surface area contributed by atoms with Crippen molar-refractivity contribution in [3.05, 3.63) is 35.4 Å². The Kier molecular flexibility index (Phi) is 2.13. The molecule has 74 valence electrons. The van der Waals surface area contributed by atoms with Crippen molar-refractivity contribution in [2.24, 2.45) is 5.73 Å². The highest BCUT2D eigenvalue weighted by atomic mass is 16.6. The molecule has 3 N–H and O–H groups in total. The number of amides is 1. The molecule has 1 aromatic rings. The maximum atomic E-state index is 10.6. The van der Waals surface area contributed by atoms with Crippen molar-refractivity contribution in [1.82, 2.24) is 0 Å². The number of fused-ring (bicyclic) bond motifs is 1. The van der Waals surface area contributed by atoms with Crippen LogP contribution in [0.2, 0.25) is 0 Å². The van der Waals surface area contributed by atoms with Crippen LogP contribution in [-0.4, -0.2) is 17.3 Å². The van der Waals surface area contributed by atoms with Gasteiger partial charge < -0.3 is 15.6 Å². The first-order valence-corrected chi connectivity index (χ1v) is 4.40. The second kappa shape index (κ2) is 3.31. The van der Waals surface area contributed by atoms with Crippen molar-refractivity contribution in [1.29, 1.82) is 0 Å². The van der Waals surface area contributed by atoms with Gasteiger partial charge >= 0.3 is 6.09 Å². The van der Waals surface area contributed by atoms with Gasteiger partial charge in [-0.25, -0.2) is 4.79 Å². The maximum Gasteiger partial charge on any atom is 0.405 e. The zero-order valence-electron chi connectivity index (χ0n) is 7.51. The number of rotatable bonds is 1. The summed E-state index contributed by atoms with van der Waals surface area (Å²) in [6, 6.07) is 7.47. The first kappa shape index (κ1) is 9.02. The van der Waals surface area contributed by atoms with Crippen LogP contribution in [0.25, 0.3) is 0 Å². The number of carbonyl (C=O) groups excluding carboxylic acids is 1. The third kappa shape index (κ3) is 1.44. The quantitative estimate of drug-likeness (QED) is 0.690. The van der Waals surface area contributed by atoms with Gasteiger partial charge in [-0.15, -0.1) is 0 Å². The molecule has 0 saturated heterocycles. The largest absolute Gasteiger partial charge is 0.439 e. The van der Waals surface area contributed by atoms with E-state index in [1.807, 2.05) is 24.3 Å². The molecule has 4 heteroatoms. The third-order valence-electron chi connectivity index (χ3n) is 2.38. The van der Waals surface area contributed by atoms with Gasteiger partial charge in [0.25, 0.3) is 0 Å². The molecule has 2 rings (SSSR count). The fourth-order valence-electron chi connectivity index (χ4n) is 1.80. The highest BCUT2D eigenvalue weighted by molar-refractivity contribution is 5.65. The van der Waals surface area contributed by atoms with Gasteiger partial charge in [-0.3, -0.25) is 0 Å². The predicted octanol–water partition coefficient (Wildman–Crippen LogP) is 0.740. The Morgan fingerprint density at radius 3 is 2.93 bits per heavy atom. The predicted molar refractivity (Wildman–Crippen MR) is 49.6 cm³/mol. The minimum atomic E-state index is -0.856. The first-order valence-electron chi connectivity index (χ1n) is 4.40. The summed E-state index contributed by atoms with van der Waals surface area (Å²) in [4.78, 5) is 10.6. The summed E-state index contributed by atoms with van der Waals surface area (Å²) < 4.78 is 4.84. The number of hydrogen-bond acceptors (Lipinski definition) is 3. The van der Waals surface area contributed by atoms with Gasteiger partial charge in [0.2, 0.25) is 0 Å². The summed E-state index contributed by atoms with van der Waals surface area (Å²) in [5, 5.41) is 9.63. The zero-order valence-corrected chi connectivity index (χ0v) is 7.51. The number of ether oxygens (including phenoxy) is 1. The second-order valence-electron chi connectivity index (χ2n) is 3.33. The summed E-state index contributed by atoms with van der Waals surface area (Å²) in [5.74, 6) is 0. The zero-order chi connectivity index (χ0) is 10.1. The van der Waals surface area contributed by atoms with E-state index in [4.69, 9.17) is 10.5 Å². The number of nitrogens with two attached hydrogens (primary N) is 1. The first-order chi connectivity index (χ1) is 6.68. The smallest absolute Gasteiger partial charge is 0.405 e. The van der Waals surface area contributed by atoms with Crippen LogP contribution in [0.4, 0.5) is 4.79 Å². The SMILES string of the molecule is NC(=O)O[C@H]1c2ccccc2C[C@@H]1O. The van der Waals surface area contributed by atoms with E-state index in [1.54, 1.807) is 0 Å². The second-order valence-corrected chi connectivity index (χ2v) is 3.33. The van der Waals surface area contributed by atoms with Gasteiger partial charge in [-0.1, -0.05) is 24.3 Å². The van der Waals surface area contributed by atoms with Gasteiger partial charge in [0.15, 0.2) is 6.10 Å². The molecule has 4 nitrogen and oxygen atoms in total. The van der Waals surface area contributed by atoms with Gasteiger partial charge in [-0.05, 0) is 11.1 Å². The molecule has 14 heavy (non-hydrogen) atoms. The summed E-state index contributed by atoms with van der Waals surface area (Å²) >= 11 is 0. The Balaban J connectivity index is 2.30. The van der Waals surface area contributed by atoms with E-state index in [1.165, 1.54) is 0 Å². The molecule has 0 aromatic heterocycles. The van der Waals surface area contributed by atoms with Crippen LogP contribution < -0.4 is 5.73 Å². The van der Waals surface area contributed by atoms with Crippen molar-refractivity contribution in [2.45, 2.75) is 18.6 Å². The van der Waals surface area contributed by atoms with E-state index in [2.05, 4.69) is 0 Å². The molecule has 0 fully saturated rings. The summed E-state index contributed by atoms with van der Waals surface area (Å²) in [6.07, 6.45) is -1.64. The van der Waals surface area contributed by atoms with Crippen LogP contribution in [-0.2, 0) is 11.2 Å². The molecule has 0 bridgehead atoms. The van der Waals surface area contributed by atoms with Crippen LogP contribution in [0.3, 0.4) is 0 Å².